The van der Waals surface area contributed by atoms with E-state index in [-0.39, 0.29) is 12.1 Å². The van der Waals surface area contributed by atoms with Gasteiger partial charge in [0, 0.05) is 6.42 Å². The third kappa shape index (κ3) is 0.886. The Hall–Kier alpha value is -0.790. The maximum atomic E-state index is 10.3. The van der Waals surface area contributed by atoms with Gasteiger partial charge in [-0.05, 0) is 6.42 Å². The van der Waals surface area contributed by atoms with Gasteiger partial charge in [-0.15, -0.1) is 0 Å². The largest absolute Gasteiger partial charge is 0.458 e. The zero-order valence-electron chi connectivity index (χ0n) is 4.59. The number of hydrogen-bond donors (Lipinski definition) is 0. The maximum absolute atomic E-state index is 10.3. The van der Waals surface area contributed by atoms with Gasteiger partial charge in [0.05, 0.1) is 0 Å². The van der Waals surface area contributed by atoms with Gasteiger partial charge in [-0.2, -0.15) is 0 Å². The Balaban J connectivity index is 2.43. The molecule has 1 atom stereocenters. The number of carbonyl (C=O) groups is 1. The predicted octanol–water partition coefficient (Wildman–Crippen LogP) is 0.878. The van der Waals surface area contributed by atoms with E-state index >= 15 is 0 Å². The van der Waals surface area contributed by atoms with Crippen LogP contribution in [-0.2, 0) is 9.53 Å². The van der Waals surface area contributed by atoms with Crippen molar-refractivity contribution < 1.29 is 9.53 Å². The highest BCUT2D eigenvalue weighted by Gasteiger charge is 2.19. The van der Waals surface area contributed by atoms with Crippen molar-refractivity contribution in [2.24, 2.45) is 0 Å². The van der Waals surface area contributed by atoms with Gasteiger partial charge < -0.3 is 4.74 Å². The quantitative estimate of drug-likeness (QED) is 0.371. The average molecular weight is 112 g/mol. The molecule has 2 nitrogen and oxygen atoms in total. The van der Waals surface area contributed by atoms with Gasteiger partial charge in [-0.25, -0.2) is 0 Å². The smallest absolute Gasteiger partial charge is 0.306 e. The Bertz CT molecular complexity index is 118. The first kappa shape index (κ1) is 5.35. The fraction of sp³-hybridized carbons (Fsp3) is 0.500. The molecule has 0 aliphatic carbocycles. The van der Waals surface area contributed by atoms with E-state index in [1.807, 2.05) is 0 Å². The molecule has 0 aromatic carbocycles. The second-order valence-corrected chi connectivity index (χ2v) is 1.80. The van der Waals surface area contributed by atoms with Gasteiger partial charge in [-0.3, -0.25) is 4.79 Å². The van der Waals surface area contributed by atoms with E-state index in [4.69, 9.17) is 4.74 Å². The molecule has 1 aliphatic rings. The topological polar surface area (TPSA) is 26.3 Å². The van der Waals surface area contributed by atoms with Gasteiger partial charge in [0.25, 0.3) is 0 Å². The zero-order chi connectivity index (χ0) is 5.98. The zero-order valence-corrected chi connectivity index (χ0v) is 4.59. The standard InChI is InChI=1S/C6H8O2/c1-2-5-3-4-6(7)8-5/h2,5H,1,3-4H2. The first-order valence-electron chi connectivity index (χ1n) is 2.65. The van der Waals surface area contributed by atoms with Crippen molar-refractivity contribution in [1.29, 1.82) is 0 Å². The first-order valence-corrected chi connectivity index (χ1v) is 2.65. The van der Waals surface area contributed by atoms with Crippen LogP contribution in [0, 0.1) is 0 Å². The summed E-state index contributed by atoms with van der Waals surface area (Å²) in [6, 6.07) is 0. The van der Waals surface area contributed by atoms with Crippen molar-refractivity contribution in [1.82, 2.24) is 0 Å². The first-order chi connectivity index (χ1) is 3.83. The van der Waals surface area contributed by atoms with Gasteiger partial charge >= 0.3 is 5.97 Å². The summed E-state index contributed by atoms with van der Waals surface area (Å²) in [6.45, 7) is 3.50. The highest BCUT2D eigenvalue weighted by molar-refractivity contribution is 5.71. The van der Waals surface area contributed by atoms with Crippen LogP contribution >= 0.6 is 0 Å². The summed E-state index contributed by atoms with van der Waals surface area (Å²) in [5, 5.41) is 0. The van der Waals surface area contributed by atoms with Crippen molar-refractivity contribution in [3.05, 3.63) is 12.7 Å². The molecule has 1 unspecified atom stereocenters. The molecular formula is C6H8O2. The molecule has 0 amide bonds. The van der Waals surface area contributed by atoms with Crippen LogP contribution in [0.2, 0.25) is 0 Å². The van der Waals surface area contributed by atoms with E-state index in [1.54, 1.807) is 6.08 Å². The third-order valence-electron chi connectivity index (χ3n) is 1.18. The van der Waals surface area contributed by atoms with Crippen molar-refractivity contribution >= 4 is 5.97 Å². The number of ether oxygens (including phenoxy) is 1. The maximum Gasteiger partial charge on any atom is 0.306 e. The summed E-state index contributed by atoms with van der Waals surface area (Å²) < 4.78 is 4.75. The van der Waals surface area contributed by atoms with Crippen molar-refractivity contribution in [2.45, 2.75) is 18.9 Å². The Morgan fingerprint density at radius 2 is 2.62 bits per heavy atom. The van der Waals surface area contributed by atoms with Crippen LogP contribution in [0.5, 0.6) is 0 Å². The van der Waals surface area contributed by atoms with E-state index in [9.17, 15) is 4.79 Å². The SMILES string of the molecule is C=CC1CCC(=O)O1. The molecule has 1 fully saturated rings. The van der Waals surface area contributed by atoms with Crippen LogP contribution in [0.15, 0.2) is 12.7 Å². The number of hydrogen-bond acceptors (Lipinski definition) is 2. The fourth-order valence-corrected chi connectivity index (χ4v) is 0.713. The summed E-state index contributed by atoms with van der Waals surface area (Å²) in [6.07, 6.45) is 3.01. The van der Waals surface area contributed by atoms with E-state index in [2.05, 4.69) is 6.58 Å². The summed E-state index contributed by atoms with van der Waals surface area (Å²) >= 11 is 0. The Kier molecular flexibility index (Phi) is 1.33. The van der Waals surface area contributed by atoms with Crippen LogP contribution in [0.1, 0.15) is 12.8 Å². The molecule has 1 saturated heterocycles. The fourth-order valence-electron chi connectivity index (χ4n) is 0.713. The molecule has 0 spiro atoms. The number of carbonyl (C=O) groups excluding carboxylic acids is 1. The van der Waals surface area contributed by atoms with Gasteiger partial charge in [0.15, 0.2) is 0 Å². The van der Waals surface area contributed by atoms with E-state index in [1.165, 1.54) is 0 Å². The van der Waals surface area contributed by atoms with Gasteiger partial charge in [0.1, 0.15) is 6.10 Å². The molecule has 0 aromatic rings. The Labute approximate surface area is 48.1 Å². The van der Waals surface area contributed by atoms with E-state index < -0.39 is 0 Å². The molecule has 1 rings (SSSR count). The highest BCUT2D eigenvalue weighted by atomic mass is 16.5. The minimum absolute atomic E-state index is 0.0116. The molecule has 44 valence electrons. The molecule has 1 aliphatic heterocycles. The lowest BCUT2D eigenvalue weighted by Gasteiger charge is -1.97. The van der Waals surface area contributed by atoms with Crippen LogP contribution < -0.4 is 0 Å². The van der Waals surface area contributed by atoms with Gasteiger partial charge in [0.2, 0.25) is 0 Å². The number of rotatable bonds is 1. The second kappa shape index (κ2) is 1.99. The van der Waals surface area contributed by atoms with E-state index in [0.29, 0.717) is 6.42 Å². The van der Waals surface area contributed by atoms with Crippen LogP contribution in [0.4, 0.5) is 0 Å². The highest BCUT2D eigenvalue weighted by Crippen LogP contribution is 2.13. The molecule has 8 heavy (non-hydrogen) atoms. The lowest BCUT2D eigenvalue weighted by atomic mass is 10.2. The molecule has 0 aromatic heterocycles. The Morgan fingerprint density at radius 1 is 1.88 bits per heavy atom. The van der Waals surface area contributed by atoms with Crippen molar-refractivity contribution in [3.63, 3.8) is 0 Å². The summed E-state index contributed by atoms with van der Waals surface area (Å²) in [4.78, 5) is 10.3. The molecule has 0 bridgehead atoms. The van der Waals surface area contributed by atoms with Crippen molar-refractivity contribution in [3.8, 4) is 0 Å². The van der Waals surface area contributed by atoms with E-state index in [0.717, 1.165) is 6.42 Å². The molecule has 0 N–H and O–H groups in total. The monoisotopic (exact) mass is 112 g/mol. The second-order valence-electron chi connectivity index (χ2n) is 1.80. The number of esters is 1. The molecule has 2 heteroatoms. The minimum atomic E-state index is -0.102. The minimum Gasteiger partial charge on any atom is -0.458 e. The lowest BCUT2D eigenvalue weighted by Crippen LogP contribution is -2.00. The van der Waals surface area contributed by atoms with Gasteiger partial charge in [-0.1, -0.05) is 12.7 Å². The predicted molar refractivity (Wildman–Crippen MR) is 29.3 cm³/mol. The molecule has 1 heterocycles. The van der Waals surface area contributed by atoms with Crippen LogP contribution in [0.3, 0.4) is 0 Å². The van der Waals surface area contributed by atoms with Crippen LogP contribution in [-0.4, -0.2) is 12.1 Å². The summed E-state index contributed by atoms with van der Waals surface area (Å²) in [5.41, 5.74) is 0. The Morgan fingerprint density at radius 3 is 2.88 bits per heavy atom. The summed E-state index contributed by atoms with van der Waals surface area (Å²) in [5.74, 6) is -0.102. The number of cyclic esters (lactones) is 1. The lowest BCUT2D eigenvalue weighted by molar-refractivity contribution is -0.139. The van der Waals surface area contributed by atoms with Crippen molar-refractivity contribution in [2.75, 3.05) is 0 Å². The summed E-state index contributed by atoms with van der Waals surface area (Å²) in [7, 11) is 0. The average Bonchev–Trinajstić information content (AvgIpc) is 2.14. The third-order valence-corrected chi connectivity index (χ3v) is 1.18. The molecular weight excluding hydrogens is 104 g/mol. The van der Waals surface area contributed by atoms with Crippen LogP contribution in [0.25, 0.3) is 0 Å². The molecule has 0 radical (unpaired) electrons. The molecule has 0 saturated carbocycles. The normalized spacial score (nSPS) is 27.5.